The van der Waals surface area contributed by atoms with Gasteiger partial charge in [-0.05, 0) is 50.5 Å². The Bertz CT molecular complexity index is 783. The van der Waals surface area contributed by atoms with Crippen LogP contribution in [0, 0.1) is 0 Å². The summed E-state index contributed by atoms with van der Waals surface area (Å²) in [5.74, 6) is 2.05. The number of nitrogens with zero attached hydrogens (tertiary/aromatic N) is 1. The summed E-state index contributed by atoms with van der Waals surface area (Å²) in [6.45, 7) is 7.10. The molecule has 3 atom stereocenters. The van der Waals surface area contributed by atoms with Crippen molar-refractivity contribution < 1.29 is 9.84 Å². The summed E-state index contributed by atoms with van der Waals surface area (Å²) >= 11 is 0. The maximum Gasteiger partial charge on any atom is 0.191 e. The monoisotopic (exact) mass is 509 g/mol. The van der Waals surface area contributed by atoms with Gasteiger partial charge in [0, 0.05) is 18.5 Å². The highest BCUT2D eigenvalue weighted by atomic mass is 127. The average Bonchev–Trinajstić information content (AvgIpc) is 3.45. The van der Waals surface area contributed by atoms with Gasteiger partial charge < -0.3 is 20.5 Å². The second-order valence-corrected chi connectivity index (χ2v) is 7.48. The number of aliphatic imine (C=N–C) groups is 1. The molecule has 1 fully saturated rings. The molecule has 6 heteroatoms. The number of halogens is 1. The molecule has 158 valence electrons. The lowest BCUT2D eigenvalue weighted by molar-refractivity contribution is 0.185. The Morgan fingerprint density at radius 1 is 1.17 bits per heavy atom. The Hall–Kier alpha value is -1.80. The summed E-state index contributed by atoms with van der Waals surface area (Å²) in [6.07, 6.45) is 0.535. The first kappa shape index (κ1) is 23.5. The molecule has 0 heterocycles. The van der Waals surface area contributed by atoms with Crippen LogP contribution in [0.5, 0.6) is 5.75 Å². The van der Waals surface area contributed by atoms with E-state index in [9.17, 15) is 5.11 Å². The summed E-state index contributed by atoms with van der Waals surface area (Å²) in [5, 5.41) is 17.3. The van der Waals surface area contributed by atoms with Gasteiger partial charge in [0.2, 0.25) is 0 Å². The highest BCUT2D eigenvalue weighted by Crippen LogP contribution is 2.40. The number of ether oxygens (including phenoxy) is 1. The molecule has 2 aromatic carbocycles. The minimum absolute atomic E-state index is 0. The van der Waals surface area contributed by atoms with Crippen molar-refractivity contribution in [2.45, 2.75) is 51.4 Å². The number of benzene rings is 2. The zero-order chi connectivity index (χ0) is 19.9. The SMILES string of the molecule is CCNC(=NCC(O)c1cccc(OC(C)C)c1)NC1CC1c1ccccc1.I. The first-order valence-electron chi connectivity index (χ1n) is 10.1. The molecule has 0 bridgehead atoms. The molecular weight excluding hydrogens is 477 g/mol. The minimum Gasteiger partial charge on any atom is -0.491 e. The van der Waals surface area contributed by atoms with Crippen LogP contribution in [0.15, 0.2) is 59.6 Å². The van der Waals surface area contributed by atoms with Crippen LogP contribution in [-0.4, -0.2) is 36.3 Å². The molecule has 1 aliphatic carbocycles. The fourth-order valence-corrected chi connectivity index (χ4v) is 3.27. The third kappa shape index (κ3) is 7.19. The molecule has 29 heavy (non-hydrogen) atoms. The molecular formula is C23H32IN3O2. The summed E-state index contributed by atoms with van der Waals surface area (Å²) in [7, 11) is 0. The summed E-state index contributed by atoms with van der Waals surface area (Å²) in [6, 6.07) is 18.5. The molecule has 1 aliphatic rings. The number of aliphatic hydroxyl groups is 1. The predicted molar refractivity (Wildman–Crippen MR) is 129 cm³/mol. The molecule has 3 N–H and O–H groups in total. The number of nitrogens with one attached hydrogen (secondary N) is 2. The molecule has 0 amide bonds. The summed E-state index contributed by atoms with van der Waals surface area (Å²) in [4.78, 5) is 4.59. The van der Waals surface area contributed by atoms with Crippen molar-refractivity contribution in [2.75, 3.05) is 13.1 Å². The minimum atomic E-state index is -0.671. The summed E-state index contributed by atoms with van der Waals surface area (Å²) in [5.41, 5.74) is 2.17. The molecule has 5 nitrogen and oxygen atoms in total. The fraction of sp³-hybridized carbons (Fsp3) is 0.435. The van der Waals surface area contributed by atoms with Crippen molar-refractivity contribution in [2.24, 2.45) is 4.99 Å². The van der Waals surface area contributed by atoms with E-state index in [1.54, 1.807) is 0 Å². The Morgan fingerprint density at radius 3 is 2.62 bits per heavy atom. The van der Waals surface area contributed by atoms with Gasteiger partial charge >= 0.3 is 0 Å². The van der Waals surface area contributed by atoms with Gasteiger partial charge in [0.05, 0.1) is 18.8 Å². The lowest BCUT2D eigenvalue weighted by Gasteiger charge is -2.15. The van der Waals surface area contributed by atoms with Crippen LogP contribution in [0.1, 0.15) is 50.3 Å². The Morgan fingerprint density at radius 2 is 1.93 bits per heavy atom. The molecule has 2 aromatic rings. The molecule has 0 spiro atoms. The van der Waals surface area contributed by atoms with E-state index in [-0.39, 0.29) is 30.1 Å². The zero-order valence-electron chi connectivity index (χ0n) is 17.3. The van der Waals surface area contributed by atoms with E-state index in [4.69, 9.17) is 4.74 Å². The van der Waals surface area contributed by atoms with Gasteiger partial charge in [-0.2, -0.15) is 0 Å². The quantitative estimate of drug-likeness (QED) is 0.283. The van der Waals surface area contributed by atoms with Crippen molar-refractivity contribution in [3.63, 3.8) is 0 Å². The second-order valence-electron chi connectivity index (χ2n) is 7.48. The number of rotatable bonds is 8. The molecule has 0 saturated heterocycles. The number of hydrogen-bond donors (Lipinski definition) is 3. The van der Waals surface area contributed by atoms with Gasteiger partial charge in [0.25, 0.3) is 0 Å². The van der Waals surface area contributed by atoms with E-state index < -0.39 is 6.10 Å². The van der Waals surface area contributed by atoms with Crippen LogP contribution in [0.3, 0.4) is 0 Å². The lowest BCUT2D eigenvalue weighted by Crippen LogP contribution is -2.39. The predicted octanol–water partition coefficient (Wildman–Crippen LogP) is 4.24. The van der Waals surface area contributed by atoms with Crippen LogP contribution in [0.25, 0.3) is 0 Å². The maximum atomic E-state index is 10.6. The van der Waals surface area contributed by atoms with Crippen molar-refractivity contribution >= 4 is 29.9 Å². The maximum absolute atomic E-state index is 10.6. The van der Waals surface area contributed by atoms with Crippen LogP contribution >= 0.6 is 24.0 Å². The van der Waals surface area contributed by atoms with Gasteiger partial charge in [0.1, 0.15) is 5.75 Å². The van der Waals surface area contributed by atoms with E-state index in [0.29, 0.717) is 18.5 Å². The molecule has 3 rings (SSSR count). The largest absolute Gasteiger partial charge is 0.491 e. The van der Waals surface area contributed by atoms with E-state index >= 15 is 0 Å². The first-order valence-corrected chi connectivity index (χ1v) is 10.1. The Balaban J connectivity index is 0.00000300. The molecule has 0 aliphatic heterocycles. The first-order chi connectivity index (χ1) is 13.6. The van der Waals surface area contributed by atoms with Crippen LogP contribution in [0.4, 0.5) is 0 Å². The topological polar surface area (TPSA) is 65.9 Å². The van der Waals surface area contributed by atoms with Gasteiger partial charge in [-0.3, -0.25) is 4.99 Å². The zero-order valence-corrected chi connectivity index (χ0v) is 19.7. The van der Waals surface area contributed by atoms with E-state index in [2.05, 4.69) is 39.9 Å². The molecule has 1 saturated carbocycles. The average molecular weight is 509 g/mol. The highest BCUT2D eigenvalue weighted by Gasteiger charge is 2.38. The third-order valence-electron chi connectivity index (χ3n) is 4.72. The normalized spacial score (nSPS) is 19.3. The van der Waals surface area contributed by atoms with E-state index in [0.717, 1.165) is 30.2 Å². The van der Waals surface area contributed by atoms with Crippen LogP contribution < -0.4 is 15.4 Å². The van der Waals surface area contributed by atoms with Crippen molar-refractivity contribution in [1.29, 1.82) is 0 Å². The molecule has 3 unspecified atom stereocenters. The fourth-order valence-electron chi connectivity index (χ4n) is 3.27. The Kier molecular flexibility index (Phi) is 9.23. The smallest absolute Gasteiger partial charge is 0.191 e. The number of hydrogen-bond acceptors (Lipinski definition) is 3. The van der Waals surface area contributed by atoms with Gasteiger partial charge in [-0.15, -0.1) is 24.0 Å². The Labute approximate surface area is 191 Å². The van der Waals surface area contributed by atoms with Crippen molar-refractivity contribution in [1.82, 2.24) is 10.6 Å². The number of guanidine groups is 1. The van der Waals surface area contributed by atoms with Gasteiger partial charge in [-0.25, -0.2) is 0 Å². The standard InChI is InChI=1S/C23H31N3O2.HI/c1-4-24-23(26-21-14-20(21)17-9-6-5-7-10-17)25-15-22(27)18-11-8-12-19(13-18)28-16(2)3;/h5-13,16,20-22,27H,4,14-15H2,1-3H3,(H2,24,25,26);1H. The summed E-state index contributed by atoms with van der Waals surface area (Å²) < 4.78 is 5.71. The van der Waals surface area contributed by atoms with Crippen molar-refractivity contribution in [3.8, 4) is 5.75 Å². The number of aliphatic hydroxyl groups excluding tert-OH is 1. The molecule has 0 radical (unpaired) electrons. The van der Waals surface area contributed by atoms with Gasteiger partial charge in [-0.1, -0.05) is 42.5 Å². The van der Waals surface area contributed by atoms with Crippen LogP contribution in [0.2, 0.25) is 0 Å². The van der Waals surface area contributed by atoms with E-state index in [1.807, 2.05) is 51.1 Å². The molecule has 0 aromatic heterocycles. The van der Waals surface area contributed by atoms with E-state index in [1.165, 1.54) is 5.56 Å². The third-order valence-corrected chi connectivity index (χ3v) is 4.72. The lowest BCUT2D eigenvalue weighted by atomic mass is 10.1. The van der Waals surface area contributed by atoms with Crippen LogP contribution in [-0.2, 0) is 0 Å². The highest BCUT2D eigenvalue weighted by molar-refractivity contribution is 14.0. The van der Waals surface area contributed by atoms with Gasteiger partial charge in [0.15, 0.2) is 5.96 Å². The second kappa shape index (κ2) is 11.4. The van der Waals surface area contributed by atoms with Crippen molar-refractivity contribution in [3.05, 3.63) is 65.7 Å².